The number of carbonyl (C=O) groups excluding carboxylic acids is 1. The van der Waals surface area contributed by atoms with E-state index in [0.717, 1.165) is 42.0 Å². The molecule has 0 spiro atoms. The second-order valence-corrected chi connectivity index (χ2v) is 7.72. The molecule has 27 heavy (non-hydrogen) atoms. The van der Waals surface area contributed by atoms with Crippen molar-refractivity contribution in [2.45, 2.75) is 45.1 Å². The fourth-order valence-corrected chi connectivity index (χ4v) is 3.76. The Morgan fingerprint density at radius 2 is 2.00 bits per heavy atom. The number of rotatable bonds is 4. The Morgan fingerprint density at radius 3 is 2.63 bits per heavy atom. The maximum absolute atomic E-state index is 14.2. The Kier molecular flexibility index (Phi) is 4.81. The second-order valence-electron chi connectivity index (χ2n) is 7.72. The Labute approximate surface area is 159 Å². The van der Waals surface area contributed by atoms with E-state index in [-0.39, 0.29) is 24.2 Å². The third kappa shape index (κ3) is 3.94. The molecule has 2 aliphatic rings. The first-order chi connectivity index (χ1) is 13.0. The zero-order valence-electron chi connectivity index (χ0n) is 15.9. The summed E-state index contributed by atoms with van der Waals surface area (Å²) in [6, 6.07) is 9.37. The van der Waals surface area contributed by atoms with Crippen LogP contribution in [0.15, 0.2) is 30.3 Å². The van der Waals surface area contributed by atoms with E-state index in [1.165, 1.54) is 6.07 Å². The van der Waals surface area contributed by atoms with Crippen LogP contribution >= 0.6 is 0 Å². The Morgan fingerprint density at radius 1 is 1.19 bits per heavy atom. The molecule has 0 N–H and O–H groups in total. The lowest BCUT2D eigenvalue weighted by molar-refractivity contribution is -0.131. The van der Waals surface area contributed by atoms with E-state index in [9.17, 15) is 9.18 Å². The lowest BCUT2D eigenvalue weighted by atomic mass is 10.0. The summed E-state index contributed by atoms with van der Waals surface area (Å²) in [6.07, 6.45) is 2.39. The normalized spacial score (nSPS) is 20.0. The number of piperazine rings is 1. The molecule has 6 heteroatoms. The molecule has 1 aliphatic carbocycles. The molecule has 1 atom stereocenters. The number of nitrogens with zero attached hydrogens (tertiary/aromatic N) is 4. The first-order valence-electron chi connectivity index (χ1n) is 9.64. The molecular formula is C21H25FN4O. The first kappa shape index (κ1) is 17.9. The third-order valence-electron chi connectivity index (χ3n) is 5.50. The van der Waals surface area contributed by atoms with Gasteiger partial charge in [-0.2, -0.15) is 5.10 Å². The average molecular weight is 368 g/mol. The van der Waals surface area contributed by atoms with Crippen molar-refractivity contribution in [3.8, 4) is 0 Å². The van der Waals surface area contributed by atoms with Gasteiger partial charge >= 0.3 is 0 Å². The fourth-order valence-electron chi connectivity index (χ4n) is 3.76. The van der Waals surface area contributed by atoms with Gasteiger partial charge in [-0.25, -0.2) is 4.39 Å². The van der Waals surface area contributed by atoms with Crippen molar-refractivity contribution in [3.05, 3.63) is 53.0 Å². The van der Waals surface area contributed by atoms with Gasteiger partial charge in [0.1, 0.15) is 5.82 Å². The zero-order chi connectivity index (χ0) is 19.0. The highest BCUT2D eigenvalue weighted by molar-refractivity contribution is 5.79. The summed E-state index contributed by atoms with van der Waals surface area (Å²) < 4.78 is 14.2. The van der Waals surface area contributed by atoms with Crippen LogP contribution in [0.3, 0.4) is 0 Å². The molecule has 2 aromatic rings. The van der Waals surface area contributed by atoms with Crippen LogP contribution in [0.1, 0.15) is 42.5 Å². The number of hydrogen-bond acceptors (Lipinski definition) is 4. The van der Waals surface area contributed by atoms with Gasteiger partial charge in [0.2, 0.25) is 5.91 Å². The summed E-state index contributed by atoms with van der Waals surface area (Å²) in [6.45, 7) is 6.00. The minimum Gasteiger partial charge on any atom is -0.349 e. The van der Waals surface area contributed by atoms with Crippen LogP contribution in [0.5, 0.6) is 0 Å². The first-order valence-corrected chi connectivity index (χ1v) is 9.64. The molecule has 142 valence electrons. The molecule has 1 saturated carbocycles. The number of aryl methyl sites for hydroxylation is 1. The standard InChI is InChI=1S/C21H25FN4O/c1-14-3-8-20(24-23-14)26-10-9-25(13-15(26)2)21(27)12-16-4-7-18(17-5-6-17)19(22)11-16/h3-4,7-8,11,15,17H,5-6,9-10,12-13H2,1-2H3/t15-/m0/s1. The second kappa shape index (κ2) is 7.25. The number of benzene rings is 1. The van der Waals surface area contributed by atoms with Crippen molar-refractivity contribution < 1.29 is 9.18 Å². The highest BCUT2D eigenvalue weighted by atomic mass is 19.1. The van der Waals surface area contributed by atoms with Gasteiger partial charge in [-0.3, -0.25) is 4.79 Å². The number of amides is 1. The van der Waals surface area contributed by atoms with Crippen LogP contribution in [-0.2, 0) is 11.2 Å². The molecule has 2 heterocycles. The molecule has 0 radical (unpaired) electrons. The average Bonchev–Trinajstić information content (AvgIpc) is 3.47. The predicted octanol–water partition coefficient (Wildman–Crippen LogP) is 3.08. The highest BCUT2D eigenvalue weighted by Gasteiger charge is 2.29. The lowest BCUT2D eigenvalue weighted by Gasteiger charge is -2.40. The smallest absolute Gasteiger partial charge is 0.227 e. The van der Waals surface area contributed by atoms with Crippen LogP contribution < -0.4 is 4.90 Å². The van der Waals surface area contributed by atoms with Crippen LogP contribution in [0.25, 0.3) is 0 Å². The van der Waals surface area contributed by atoms with E-state index < -0.39 is 0 Å². The van der Waals surface area contributed by atoms with Crippen LogP contribution in [0, 0.1) is 12.7 Å². The van der Waals surface area contributed by atoms with Crippen molar-refractivity contribution in [3.63, 3.8) is 0 Å². The van der Waals surface area contributed by atoms with Crippen LogP contribution in [-0.4, -0.2) is 46.7 Å². The van der Waals surface area contributed by atoms with Gasteiger partial charge < -0.3 is 9.80 Å². The molecule has 1 saturated heterocycles. The van der Waals surface area contributed by atoms with Crippen molar-refractivity contribution in [2.75, 3.05) is 24.5 Å². The zero-order valence-corrected chi connectivity index (χ0v) is 15.9. The van der Waals surface area contributed by atoms with Gasteiger partial charge in [-0.05, 0) is 61.9 Å². The van der Waals surface area contributed by atoms with Gasteiger partial charge in [0.15, 0.2) is 5.82 Å². The summed E-state index contributed by atoms with van der Waals surface area (Å²) in [4.78, 5) is 16.8. The number of hydrogen-bond donors (Lipinski definition) is 0. The minimum atomic E-state index is -0.168. The topological polar surface area (TPSA) is 49.3 Å². The quantitative estimate of drug-likeness (QED) is 0.832. The largest absolute Gasteiger partial charge is 0.349 e. The van der Waals surface area contributed by atoms with Crippen molar-refractivity contribution >= 4 is 11.7 Å². The summed E-state index contributed by atoms with van der Waals surface area (Å²) in [5, 5.41) is 8.38. The van der Waals surface area contributed by atoms with Gasteiger partial charge in [-0.1, -0.05) is 12.1 Å². The lowest BCUT2D eigenvalue weighted by Crippen LogP contribution is -2.54. The van der Waals surface area contributed by atoms with E-state index in [1.807, 2.05) is 36.1 Å². The molecule has 5 nitrogen and oxygen atoms in total. The highest BCUT2D eigenvalue weighted by Crippen LogP contribution is 2.41. The van der Waals surface area contributed by atoms with Gasteiger partial charge in [-0.15, -0.1) is 5.10 Å². The molecule has 2 fully saturated rings. The van der Waals surface area contributed by atoms with Crippen molar-refractivity contribution in [2.24, 2.45) is 0 Å². The molecule has 1 amide bonds. The number of halogens is 1. The monoisotopic (exact) mass is 368 g/mol. The predicted molar refractivity (Wildman–Crippen MR) is 102 cm³/mol. The van der Waals surface area contributed by atoms with Crippen molar-refractivity contribution in [1.29, 1.82) is 0 Å². The number of anilines is 1. The van der Waals surface area contributed by atoms with Crippen LogP contribution in [0.4, 0.5) is 10.2 Å². The van der Waals surface area contributed by atoms with E-state index in [0.29, 0.717) is 19.0 Å². The fraction of sp³-hybridized carbons (Fsp3) is 0.476. The molecule has 4 rings (SSSR count). The summed E-state index contributed by atoms with van der Waals surface area (Å²) >= 11 is 0. The van der Waals surface area contributed by atoms with Gasteiger partial charge in [0.05, 0.1) is 12.1 Å². The Hall–Kier alpha value is -2.50. The van der Waals surface area contributed by atoms with E-state index in [4.69, 9.17) is 0 Å². The Balaban J connectivity index is 1.37. The summed E-state index contributed by atoms with van der Waals surface area (Å²) in [5.41, 5.74) is 2.44. The molecule has 0 bridgehead atoms. The van der Waals surface area contributed by atoms with Gasteiger partial charge in [0.25, 0.3) is 0 Å². The summed E-state index contributed by atoms with van der Waals surface area (Å²) in [7, 11) is 0. The van der Waals surface area contributed by atoms with E-state index in [2.05, 4.69) is 22.0 Å². The van der Waals surface area contributed by atoms with Gasteiger partial charge in [0, 0.05) is 25.7 Å². The Bertz CT molecular complexity index is 835. The van der Waals surface area contributed by atoms with E-state index in [1.54, 1.807) is 0 Å². The molecule has 1 aromatic carbocycles. The van der Waals surface area contributed by atoms with Crippen LogP contribution in [0.2, 0.25) is 0 Å². The molecular weight excluding hydrogens is 343 g/mol. The molecule has 1 aliphatic heterocycles. The maximum atomic E-state index is 14.2. The van der Waals surface area contributed by atoms with E-state index >= 15 is 0 Å². The number of carbonyl (C=O) groups is 1. The third-order valence-corrected chi connectivity index (χ3v) is 5.50. The SMILES string of the molecule is Cc1ccc(N2CCN(C(=O)Cc3ccc(C4CC4)c(F)c3)C[C@@H]2C)nn1. The molecule has 1 aromatic heterocycles. The minimum absolute atomic E-state index is 0.0510. The maximum Gasteiger partial charge on any atom is 0.227 e. The number of aromatic nitrogens is 2. The summed E-state index contributed by atoms with van der Waals surface area (Å²) in [5.74, 6) is 1.11. The van der Waals surface area contributed by atoms with Crippen molar-refractivity contribution in [1.82, 2.24) is 15.1 Å². The molecule has 0 unspecified atom stereocenters.